The molecule has 3 aromatic rings. The number of halogens is 2. The first kappa shape index (κ1) is 19.6. The smallest absolute Gasteiger partial charge is 0.272 e. The fraction of sp³-hybridized carbons (Fsp3) is 0.273. The predicted octanol–water partition coefficient (Wildman–Crippen LogP) is 3.77. The first-order chi connectivity index (χ1) is 14.1. The molecule has 1 aliphatic heterocycles. The van der Waals surface area contributed by atoms with E-state index < -0.39 is 0 Å². The molecule has 1 aromatic heterocycles. The van der Waals surface area contributed by atoms with E-state index in [9.17, 15) is 9.18 Å². The zero-order chi connectivity index (χ0) is 20.2. The fourth-order valence-electron chi connectivity index (χ4n) is 3.44. The summed E-state index contributed by atoms with van der Waals surface area (Å²) in [6.07, 6.45) is 1.40. The van der Waals surface area contributed by atoms with Crippen LogP contribution in [-0.2, 0) is 30.7 Å². The molecule has 29 heavy (non-hydrogen) atoms. The third kappa shape index (κ3) is 4.66. The number of hydrogen-bond acceptors (Lipinski definition) is 3. The van der Waals surface area contributed by atoms with Crippen LogP contribution in [0.25, 0.3) is 0 Å². The minimum atomic E-state index is -0.273. The van der Waals surface area contributed by atoms with Gasteiger partial charge in [-0.05, 0) is 41.8 Å². The maximum atomic E-state index is 13.2. The number of ether oxygens (including phenoxy) is 1. The number of rotatable bonds is 6. The van der Waals surface area contributed by atoms with E-state index in [2.05, 4.69) is 10.4 Å². The van der Waals surface area contributed by atoms with Crippen LogP contribution < -0.4 is 5.32 Å². The topological polar surface area (TPSA) is 56.2 Å². The van der Waals surface area contributed by atoms with Gasteiger partial charge in [-0.15, -0.1) is 0 Å². The normalized spacial score (nSPS) is 13.2. The average molecular weight is 414 g/mol. The summed E-state index contributed by atoms with van der Waals surface area (Å²) in [7, 11) is 0. The van der Waals surface area contributed by atoms with Crippen LogP contribution in [0.15, 0.2) is 48.5 Å². The second-order valence-corrected chi connectivity index (χ2v) is 7.43. The van der Waals surface area contributed by atoms with Crippen LogP contribution in [-0.4, -0.2) is 28.8 Å². The number of nitrogens with zero attached hydrogens (tertiary/aromatic N) is 2. The summed E-state index contributed by atoms with van der Waals surface area (Å²) >= 11 is 5.90. The zero-order valence-corrected chi connectivity index (χ0v) is 16.6. The SMILES string of the molecule is O=C(NCCc1ccc(Cl)cc1)c1nn(Cc2ccc(F)cc2)c2c1COCC2. The minimum absolute atomic E-state index is 0.210. The van der Waals surface area contributed by atoms with Crippen LogP contribution in [0, 0.1) is 5.82 Å². The maximum absolute atomic E-state index is 13.2. The van der Waals surface area contributed by atoms with Gasteiger partial charge in [0.05, 0.1) is 19.8 Å². The molecule has 1 amide bonds. The molecule has 7 heteroatoms. The van der Waals surface area contributed by atoms with E-state index in [1.54, 1.807) is 12.1 Å². The Balaban J connectivity index is 1.47. The van der Waals surface area contributed by atoms with E-state index in [1.807, 2.05) is 28.9 Å². The van der Waals surface area contributed by atoms with Gasteiger partial charge in [-0.2, -0.15) is 5.10 Å². The Labute approximate surface area is 173 Å². The van der Waals surface area contributed by atoms with E-state index in [1.165, 1.54) is 12.1 Å². The summed E-state index contributed by atoms with van der Waals surface area (Å²) in [5, 5.41) is 8.19. The molecule has 2 aromatic carbocycles. The summed E-state index contributed by atoms with van der Waals surface area (Å²) in [6.45, 7) is 1.96. The number of aromatic nitrogens is 2. The second kappa shape index (κ2) is 8.76. The lowest BCUT2D eigenvalue weighted by molar-refractivity contribution is 0.0925. The Bertz CT molecular complexity index is 1000. The molecular weight excluding hydrogens is 393 g/mol. The van der Waals surface area contributed by atoms with Gasteiger partial charge in [-0.3, -0.25) is 9.48 Å². The van der Waals surface area contributed by atoms with Gasteiger partial charge in [0.15, 0.2) is 5.69 Å². The molecule has 0 spiro atoms. The Morgan fingerprint density at radius 3 is 2.62 bits per heavy atom. The number of carbonyl (C=O) groups is 1. The first-order valence-corrected chi connectivity index (χ1v) is 9.91. The molecular formula is C22H21ClFN3O2. The molecule has 150 valence electrons. The summed E-state index contributed by atoms with van der Waals surface area (Å²) < 4.78 is 20.6. The molecule has 1 N–H and O–H groups in total. The molecule has 5 nitrogen and oxygen atoms in total. The van der Waals surface area contributed by atoms with Crippen molar-refractivity contribution >= 4 is 17.5 Å². The highest BCUT2D eigenvalue weighted by Gasteiger charge is 2.25. The highest BCUT2D eigenvalue weighted by molar-refractivity contribution is 6.30. The highest BCUT2D eigenvalue weighted by Crippen LogP contribution is 2.22. The van der Waals surface area contributed by atoms with Crippen molar-refractivity contribution in [3.63, 3.8) is 0 Å². The lowest BCUT2D eigenvalue weighted by Crippen LogP contribution is -2.27. The maximum Gasteiger partial charge on any atom is 0.272 e. The fourth-order valence-corrected chi connectivity index (χ4v) is 3.57. The molecule has 2 heterocycles. The minimum Gasteiger partial charge on any atom is -0.376 e. The molecule has 0 saturated heterocycles. The number of hydrogen-bond donors (Lipinski definition) is 1. The van der Waals surface area contributed by atoms with Crippen molar-refractivity contribution < 1.29 is 13.9 Å². The van der Waals surface area contributed by atoms with Crippen molar-refractivity contribution in [1.82, 2.24) is 15.1 Å². The van der Waals surface area contributed by atoms with Gasteiger partial charge in [-0.25, -0.2) is 4.39 Å². The van der Waals surface area contributed by atoms with Crippen molar-refractivity contribution in [1.29, 1.82) is 0 Å². The average Bonchev–Trinajstić information content (AvgIpc) is 3.10. The van der Waals surface area contributed by atoms with Crippen LogP contribution >= 0.6 is 11.6 Å². The van der Waals surface area contributed by atoms with Crippen molar-refractivity contribution in [2.24, 2.45) is 0 Å². The van der Waals surface area contributed by atoms with Crippen LogP contribution in [0.2, 0.25) is 5.02 Å². The van der Waals surface area contributed by atoms with E-state index >= 15 is 0 Å². The van der Waals surface area contributed by atoms with Crippen molar-refractivity contribution in [2.75, 3.05) is 13.2 Å². The molecule has 0 unspecified atom stereocenters. The number of amides is 1. The summed E-state index contributed by atoms with van der Waals surface area (Å²) in [5.74, 6) is -0.482. The summed E-state index contributed by atoms with van der Waals surface area (Å²) in [6, 6.07) is 13.9. The predicted molar refractivity (Wildman–Crippen MR) is 109 cm³/mol. The second-order valence-electron chi connectivity index (χ2n) is 6.99. The number of nitrogens with one attached hydrogen (secondary N) is 1. The summed E-state index contributed by atoms with van der Waals surface area (Å²) in [4.78, 5) is 12.8. The van der Waals surface area contributed by atoms with Gasteiger partial charge in [0.25, 0.3) is 5.91 Å². The quantitative estimate of drug-likeness (QED) is 0.669. The van der Waals surface area contributed by atoms with Crippen molar-refractivity contribution in [3.05, 3.63) is 87.4 Å². The van der Waals surface area contributed by atoms with Crippen LogP contribution in [0.4, 0.5) is 4.39 Å². The molecule has 0 radical (unpaired) electrons. The molecule has 1 aliphatic rings. The Kier molecular flexibility index (Phi) is 5.92. The molecule has 0 saturated carbocycles. The van der Waals surface area contributed by atoms with Crippen LogP contribution in [0.5, 0.6) is 0 Å². The van der Waals surface area contributed by atoms with Gasteiger partial charge in [0.1, 0.15) is 5.82 Å². The van der Waals surface area contributed by atoms with E-state index in [4.69, 9.17) is 16.3 Å². The van der Waals surface area contributed by atoms with Crippen molar-refractivity contribution in [3.8, 4) is 0 Å². The molecule has 0 fully saturated rings. The molecule has 0 bridgehead atoms. The molecule has 4 rings (SSSR count). The first-order valence-electron chi connectivity index (χ1n) is 9.53. The Morgan fingerprint density at radius 1 is 1.14 bits per heavy atom. The van der Waals surface area contributed by atoms with Crippen LogP contribution in [0.3, 0.4) is 0 Å². The van der Waals surface area contributed by atoms with Crippen LogP contribution in [0.1, 0.15) is 32.9 Å². The zero-order valence-electron chi connectivity index (χ0n) is 15.8. The third-order valence-corrected chi connectivity index (χ3v) is 5.22. The molecule has 0 aliphatic carbocycles. The third-order valence-electron chi connectivity index (χ3n) is 4.97. The van der Waals surface area contributed by atoms with Gasteiger partial charge in [-0.1, -0.05) is 35.9 Å². The standard InChI is InChI=1S/C22H21ClFN3O2/c23-17-5-1-15(2-6-17)9-11-25-22(28)21-19-14-29-12-10-20(19)27(26-21)13-16-3-7-18(24)8-4-16/h1-8H,9-14H2,(H,25,28). The number of benzene rings is 2. The lowest BCUT2D eigenvalue weighted by atomic mass is 10.1. The van der Waals surface area contributed by atoms with E-state index in [-0.39, 0.29) is 11.7 Å². The lowest BCUT2D eigenvalue weighted by Gasteiger charge is -2.15. The van der Waals surface area contributed by atoms with Gasteiger partial charge in [0.2, 0.25) is 0 Å². The van der Waals surface area contributed by atoms with E-state index in [0.29, 0.717) is 49.9 Å². The molecule has 0 atom stereocenters. The highest BCUT2D eigenvalue weighted by atomic mass is 35.5. The van der Waals surface area contributed by atoms with E-state index in [0.717, 1.165) is 22.4 Å². The van der Waals surface area contributed by atoms with Gasteiger partial charge in [0, 0.05) is 29.2 Å². The number of carbonyl (C=O) groups excluding carboxylic acids is 1. The van der Waals surface area contributed by atoms with Gasteiger partial charge >= 0.3 is 0 Å². The van der Waals surface area contributed by atoms with Crippen molar-refractivity contribution in [2.45, 2.75) is 26.0 Å². The monoisotopic (exact) mass is 413 g/mol. The van der Waals surface area contributed by atoms with Gasteiger partial charge < -0.3 is 10.1 Å². The summed E-state index contributed by atoms with van der Waals surface area (Å²) in [5.41, 5.74) is 4.27. The Hall–Kier alpha value is -2.70. The number of fused-ring (bicyclic) bond motifs is 1. The largest absolute Gasteiger partial charge is 0.376 e. The Morgan fingerprint density at radius 2 is 1.86 bits per heavy atom.